The van der Waals surface area contributed by atoms with Crippen molar-refractivity contribution < 1.29 is 0 Å². The first kappa shape index (κ1) is 13.8. The highest BCUT2D eigenvalue weighted by atomic mass is 35.5. The van der Waals surface area contributed by atoms with Gasteiger partial charge in [-0.3, -0.25) is 4.90 Å². The van der Waals surface area contributed by atoms with Crippen LogP contribution < -0.4 is 4.90 Å². The van der Waals surface area contributed by atoms with Crippen molar-refractivity contribution in [3.8, 4) is 0 Å². The Hall–Kier alpha value is -1.17. The molecule has 1 saturated heterocycles. The first-order valence-electron chi connectivity index (χ1n) is 6.70. The van der Waals surface area contributed by atoms with E-state index in [0.717, 1.165) is 44.2 Å². The van der Waals surface area contributed by atoms with Crippen LogP contribution in [0.25, 0.3) is 0 Å². The number of hydrogen-bond acceptors (Lipinski definition) is 5. The minimum Gasteiger partial charge on any atom is -0.354 e. The summed E-state index contributed by atoms with van der Waals surface area (Å²) in [5.41, 5.74) is 3.09. The highest BCUT2D eigenvalue weighted by Crippen LogP contribution is 2.19. The van der Waals surface area contributed by atoms with E-state index in [0.29, 0.717) is 5.02 Å². The summed E-state index contributed by atoms with van der Waals surface area (Å²) in [6, 6.07) is 3.89. The SMILES string of the molecule is Cc1ncsc1CN1CCN(c2ccc(Cl)cn2)CC1. The van der Waals surface area contributed by atoms with E-state index in [9.17, 15) is 0 Å². The molecule has 2 aromatic heterocycles. The molecular weight excluding hydrogens is 292 g/mol. The molecule has 0 radical (unpaired) electrons. The summed E-state index contributed by atoms with van der Waals surface area (Å²) in [6.45, 7) is 7.22. The zero-order chi connectivity index (χ0) is 13.9. The van der Waals surface area contributed by atoms with Crippen LogP contribution in [0.3, 0.4) is 0 Å². The number of rotatable bonds is 3. The lowest BCUT2D eigenvalue weighted by molar-refractivity contribution is 0.251. The molecule has 0 atom stereocenters. The van der Waals surface area contributed by atoms with Crippen molar-refractivity contribution in [3.63, 3.8) is 0 Å². The van der Waals surface area contributed by atoms with Crippen molar-refractivity contribution in [3.05, 3.63) is 39.4 Å². The predicted octanol–water partition coefficient (Wildman–Crippen LogP) is 2.82. The highest BCUT2D eigenvalue weighted by Gasteiger charge is 2.19. The number of aromatic nitrogens is 2. The summed E-state index contributed by atoms with van der Waals surface area (Å²) < 4.78 is 0. The average Bonchev–Trinajstić information content (AvgIpc) is 2.86. The Morgan fingerprint density at radius 3 is 2.60 bits per heavy atom. The van der Waals surface area contributed by atoms with Gasteiger partial charge in [-0.25, -0.2) is 9.97 Å². The first-order valence-corrected chi connectivity index (χ1v) is 7.96. The molecule has 2 aromatic rings. The number of thiazole rings is 1. The Bertz CT molecular complexity index is 561. The second-order valence-electron chi connectivity index (χ2n) is 4.96. The number of halogens is 1. The molecular formula is C14H17ClN4S. The summed E-state index contributed by atoms with van der Waals surface area (Å²) in [5.74, 6) is 1.02. The molecule has 106 valence electrons. The maximum Gasteiger partial charge on any atom is 0.128 e. The maximum absolute atomic E-state index is 5.87. The lowest BCUT2D eigenvalue weighted by Gasteiger charge is -2.35. The second-order valence-corrected chi connectivity index (χ2v) is 6.33. The molecule has 0 unspecified atom stereocenters. The van der Waals surface area contributed by atoms with Crippen LogP contribution in [0.1, 0.15) is 10.6 Å². The fourth-order valence-electron chi connectivity index (χ4n) is 2.37. The minimum absolute atomic E-state index is 0.688. The van der Waals surface area contributed by atoms with Gasteiger partial charge in [0.1, 0.15) is 5.82 Å². The van der Waals surface area contributed by atoms with E-state index in [1.165, 1.54) is 4.88 Å². The third-order valence-electron chi connectivity index (χ3n) is 3.62. The molecule has 6 heteroatoms. The Balaban J connectivity index is 1.57. The standard InChI is InChI=1S/C14H17ClN4S/c1-11-13(20-10-17-11)9-18-4-6-19(7-5-18)14-3-2-12(15)8-16-14/h2-3,8,10H,4-7,9H2,1H3. The van der Waals surface area contributed by atoms with Gasteiger partial charge in [0.15, 0.2) is 0 Å². The zero-order valence-electron chi connectivity index (χ0n) is 11.4. The molecule has 0 aliphatic carbocycles. The smallest absolute Gasteiger partial charge is 0.128 e. The highest BCUT2D eigenvalue weighted by molar-refractivity contribution is 7.09. The van der Waals surface area contributed by atoms with Gasteiger partial charge in [0.05, 0.1) is 16.2 Å². The van der Waals surface area contributed by atoms with Crippen LogP contribution in [-0.4, -0.2) is 41.0 Å². The van der Waals surface area contributed by atoms with E-state index in [1.54, 1.807) is 17.5 Å². The van der Waals surface area contributed by atoms with Crippen LogP contribution in [0.2, 0.25) is 5.02 Å². The summed E-state index contributed by atoms with van der Waals surface area (Å²) in [4.78, 5) is 14.9. The summed E-state index contributed by atoms with van der Waals surface area (Å²) >= 11 is 7.62. The molecule has 1 aliphatic heterocycles. The van der Waals surface area contributed by atoms with Gasteiger partial charge < -0.3 is 4.90 Å². The Labute approximate surface area is 128 Å². The van der Waals surface area contributed by atoms with Crippen LogP contribution in [0.4, 0.5) is 5.82 Å². The van der Waals surface area contributed by atoms with Crippen LogP contribution in [0.5, 0.6) is 0 Å². The van der Waals surface area contributed by atoms with Crippen molar-refractivity contribution in [2.45, 2.75) is 13.5 Å². The Kier molecular flexibility index (Phi) is 4.19. The van der Waals surface area contributed by atoms with E-state index in [1.807, 2.05) is 17.6 Å². The topological polar surface area (TPSA) is 32.3 Å². The summed E-state index contributed by atoms with van der Waals surface area (Å²) in [7, 11) is 0. The van der Waals surface area contributed by atoms with Crippen molar-refractivity contribution in [2.75, 3.05) is 31.1 Å². The molecule has 3 rings (SSSR count). The molecule has 0 N–H and O–H groups in total. The molecule has 4 nitrogen and oxygen atoms in total. The quantitative estimate of drug-likeness (QED) is 0.873. The largest absolute Gasteiger partial charge is 0.354 e. The van der Waals surface area contributed by atoms with Crippen molar-refractivity contribution in [1.29, 1.82) is 0 Å². The van der Waals surface area contributed by atoms with Gasteiger partial charge in [0, 0.05) is 43.8 Å². The normalized spacial score (nSPS) is 16.6. The fourth-order valence-corrected chi connectivity index (χ4v) is 3.30. The molecule has 20 heavy (non-hydrogen) atoms. The second kappa shape index (κ2) is 6.08. The zero-order valence-corrected chi connectivity index (χ0v) is 13.0. The van der Waals surface area contributed by atoms with Gasteiger partial charge in [0.2, 0.25) is 0 Å². The molecule has 0 saturated carbocycles. The maximum atomic E-state index is 5.87. The van der Waals surface area contributed by atoms with Gasteiger partial charge in [-0.1, -0.05) is 11.6 Å². The van der Waals surface area contributed by atoms with E-state index in [2.05, 4.69) is 26.7 Å². The Morgan fingerprint density at radius 1 is 1.20 bits per heavy atom. The molecule has 1 fully saturated rings. The number of anilines is 1. The first-order chi connectivity index (χ1) is 9.72. The summed E-state index contributed by atoms with van der Waals surface area (Å²) in [5, 5.41) is 0.688. The van der Waals surface area contributed by atoms with Crippen LogP contribution in [-0.2, 0) is 6.54 Å². The van der Waals surface area contributed by atoms with Gasteiger partial charge in [-0.15, -0.1) is 11.3 Å². The monoisotopic (exact) mass is 308 g/mol. The summed E-state index contributed by atoms with van der Waals surface area (Å²) in [6.07, 6.45) is 1.71. The molecule has 1 aliphatic rings. The van der Waals surface area contributed by atoms with Gasteiger partial charge in [-0.2, -0.15) is 0 Å². The van der Waals surface area contributed by atoms with Crippen molar-refractivity contribution in [2.24, 2.45) is 0 Å². The lowest BCUT2D eigenvalue weighted by atomic mass is 10.3. The van der Waals surface area contributed by atoms with Gasteiger partial charge in [-0.05, 0) is 19.1 Å². The molecule has 3 heterocycles. The van der Waals surface area contributed by atoms with Crippen LogP contribution in [0.15, 0.2) is 23.8 Å². The Morgan fingerprint density at radius 2 is 2.00 bits per heavy atom. The van der Waals surface area contributed by atoms with Crippen LogP contribution >= 0.6 is 22.9 Å². The fraction of sp³-hybridized carbons (Fsp3) is 0.429. The number of pyridine rings is 1. The molecule has 0 spiro atoms. The van der Waals surface area contributed by atoms with Gasteiger partial charge >= 0.3 is 0 Å². The number of hydrogen-bond donors (Lipinski definition) is 0. The molecule has 0 aromatic carbocycles. The van der Waals surface area contributed by atoms with Crippen molar-refractivity contribution in [1.82, 2.24) is 14.9 Å². The van der Waals surface area contributed by atoms with E-state index < -0.39 is 0 Å². The molecule has 0 amide bonds. The lowest BCUT2D eigenvalue weighted by Crippen LogP contribution is -2.46. The third kappa shape index (κ3) is 3.11. The van der Waals surface area contributed by atoms with Crippen LogP contribution in [0, 0.1) is 6.92 Å². The number of nitrogens with zero attached hydrogens (tertiary/aromatic N) is 4. The average molecular weight is 309 g/mol. The van der Waals surface area contributed by atoms with Gasteiger partial charge in [0.25, 0.3) is 0 Å². The van der Waals surface area contributed by atoms with Crippen molar-refractivity contribution >= 4 is 28.8 Å². The van der Waals surface area contributed by atoms with E-state index in [4.69, 9.17) is 11.6 Å². The number of piperazine rings is 1. The predicted molar refractivity (Wildman–Crippen MR) is 83.6 cm³/mol. The van der Waals surface area contributed by atoms with E-state index in [-0.39, 0.29) is 0 Å². The third-order valence-corrected chi connectivity index (χ3v) is 4.76. The number of aryl methyl sites for hydroxylation is 1. The minimum atomic E-state index is 0.688. The molecule has 0 bridgehead atoms. The van der Waals surface area contributed by atoms with E-state index >= 15 is 0 Å².